The van der Waals surface area contributed by atoms with E-state index >= 15 is 0 Å². The van der Waals surface area contributed by atoms with Crippen LogP contribution in [0.25, 0.3) is 0 Å². The van der Waals surface area contributed by atoms with Gasteiger partial charge in [0.2, 0.25) is 0 Å². The van der Waals surface area contributed by atoms with E-state index in [9.17, 15) is 13.6 Å². The van der Waals surface area contributed by atoms with Crippen molar-refractivity contribution >= 4 is 0 Å². The highest BCUT2D eigenvalue weighted by molar-refractivity contribution is 5.19. The Morgan fingerprint density at radius 1 is 1.29 bits per heavy atom. The zero-order chi connectivity index (χ0) is 14.8. The van der Waals surface area contributed by atoms with Crippen molar-refractivity contribution in [2.24, 2.45) is 0 Å². The van der Waals surface area contributed by atoms with Gasteiger partial charge in [-0.05, 0) is 43.5 Å². The molecule has 21 heavy (non-hydrogen) atoms. The molecule has 2 heterocycles. The number of rotatable bonds is 3. The zero-order valence-electron chi connectivity index (χ0n) is 11.4. The fourth-order valence-corrected chi connectivity index (χ4v) is 2.85. The second-order valence-electron chi connectivity index (χ2n) is 5.35. The van der Waals surface area contributed by atoms with E-state index in [1.54, 1.807) is 6.07 Å². The molecule has 0 spiro atoms. The molecule has 2 atom stereocenters. The van der Waals surface area contributed by atoms with Crippen molar-refractivity contribution in [3.05, 3.63) is 58.1 Å². The van der Waals surface area contributed by atoms with Crippen LogP contribution in [0.3, 0.4) is 0 Å². The van der Waals surface area contributed by atoms with Crippen LogP contribution in [-0.2, 0) is 6.42 Å². The van der Waals surface area contributed by atoms with E-state index < -0.39 is 11.6 Å². The Hall–Kier alpha value is -1.95. The van der Waals surface area contributed by atoms with Crippen molar-refractivity contribution in [3.63, 3.8) is 0 Å². The van der Waals surface area contributed by atoms with Gasteiger partial charge in [0.1, 0.15) is 6.26 Å². The Kier molecular flexibility index (Phi) is 3.88. The molecule has 1 fully saturated rings. The summed E-state index contributed by atoms with van der Waals surface area (Å²) in [5.41, 5.74) is 0.590. The van der Waals surface area contributed by atoms with Gasteiger partial charge in [0.15, 0.2) is 11.6 Å². The summed E-state index contributed by atoms with van der Waals surface area (Å²) in [6, 6.07) is 5.45. The molecule has 1 saturated heterocycles. The first-order chi connectivity index (χ1) is 10.1. The lowest BCUT2D eigenvalue weighted by Crippen LogP contribution is -2.41. The molecule has 0 bridgehead atoms. The molecule has 112 valence electrons. The summed E-state index contributed by atoms with van der Waals surface area (Å²) in [6.07, 6.45) is 3.49. The van der Waals surface area contributed by atoms with Gasteiger partial charge in [0.05, 0.1) is 6.04 Å². The second-order valence-corrected chi connectivity index (χ2v) is 5.35. The fourth-order valence-electron chi connectivity index (χ4n) is 2.85. The molecule has 6 heteroatoms. The summed E-state index contributed by atoms with van der Waals surface area (Å²) in [5, 5.41) is 3.34. The zero-order valence-corrected chi connectivity index (χ0v) is 11.4. The molecule has 0 amide bonds. The van der Waals surface area contributed by atoms with E-state index in [1.807, 2.05) is 0 Å². The molecule has 3 rings (SSSR count). The van der Waals surface area contributed by atoms with Crippen LogP contribution in [0.1, 0.15) is 24.4 Å². The Bertz CT molecular complexity index is 680. The highest BCUT2D eigenvalue weighted by Gasteiger charge is 2.25. The lowest BCUT2D eigenvalue weighted by molar-refractivity contribution is 0.161. The van der Waals surface area contributed by atoms with Crippen molar-refractivity contribution in [2.45, 2.75) is 31.3 Å². The van der Waals surface area contributed by atoms with Crippen molar-refractivity contribution in [1.82, 2.24) is 10.1 Å². The summed E-state index contributed by atoms with van der Waals surface area (Å²) in [5.74, 6) is -1.67. The van der Waals surface area contributed by atoms with Crippen LogP contribution < -0.4 is 10.9 Å². The molecule has 2 aromatic rings. The van der Waals surface area contributed by atoms with Gasteiger partial charge in [0.25, 0.3) is 5.56 Å². The molecule has 1 aliphatic heterocycles. The fraction of sp³-hybridized carbons (Fsp3) is 0.400. The normalized spacial score (nSPS) is 22.4. The predicted octanol–water partition coefficient (Wildman–Crippen LogP) is 2.26. The standard InChI is InChI=1S/C15H16F2N2O2/c16-13-2-1-10(8-14(13)17)7-11-9-12(3-5-18-11)19-15(20)4-6-21-19/h1-2,4,6,8,11-12,18H,3,5,7,9H2/t11-,12+/m1/s1. The van der Waals surface area contributed by atoms with Crippen molar-refractivity contribution in [3.8, 4) is 0 Å². The molecule has 0 radical (unpaired) electrons. The van der Waals surface area contributed by atoms with Gasteiger partial charge in [0, 0.05) is 12.1 Å². The van der Waals surface area contributed by atoms with E-state index in [4.69, 9.17) is 4.52 Å². The minimum atomic E-state index is -0.838. The molecule has 1 aromatic heterocycles. The Morgan fingerprint density at radius 2 is 2.14 bits per heavy atom. The second kappa shape index (κ2) is 5.81. The number of hydrogen-bond acceptors (Lipinski definition) is 3. The third-order valence-corrected chi connectivity index (χ3v) is 3.87. The van der Waals surface area contributed by atoms with Gasteiger partial charge in [-0.15, -0.1) is 0 Å². The molecule has 0 aliphatic carbocycles. The number of nitrogens with zero attached hydrogens (tertiary/aromatic N) is 1. The number of benzene rings is 1. The average molecular weight is 294 g/mol. The van der Waals surface area contributed by atoms with Gasteiger partial charge in [-0.25, -0.2) is 8.78 Å². The van der Waals surface area contributed by atoms with Crippen LogP contribution in [-0.4, -0.2) is 17.3 Å². The molecule has 1 aliphatic rings. The minimum Gasteiger partial charge on any atom is -0.384 e. The third kappa shape index (κ3) is 3.05. The molecule has 1 aromatic carbocycles. The van der Waals surface area contributed by atoms with E-state index in [2.05, 4.69) is 5.32 Å². The summed E-state index contributed by atoms with van der Waals surface area (Å²) in [6.45, 7) is 0.756. The van der Waals surface area contributed by atoms with E-state index in [-0.39, 0.29) is 17.6 Å². The number of nitrogens with one attached hydrogen (secondary N) is 1. The molecule has 0 saturated carbocycles. The lowest BCUT2D eigenvalue weighted by Gasteiger charge is -2.29. The van der Waals surface area contributed by atoms with Crippen LogP contribution >= 0.6 is 0 Å². The molecule has 4 nitrogen and oxygen atoms in total. The van der Waals surface area contributed by atoms with Gasteiger partial charge < -0.3 is 9.84 Å². The molecule has 1 N–H and O–H groups in total. The first-order valence-electron chi connectivity index (χ1n) is 6.97. The van der Waals surface area contributed by atoms with Gasteiger partial charge in [-0.1, -0.05) is 6.07 Å². The number of hydrogen-bond donors (Lipinski definition) is 1. The SMILES string of the molecule is O=c1ccon1[C@H]1CCN[C@H](Cc2ccc(F)c(F)c2)C1. The van der Waals surface area contributed by atoms with Crippen LogP contribution in [0.5, 0.6) is 0 Å². The first kappa shape index (κ1) is 14.0. The van der Waals surface area contributed by atoms with Crippen molar-refractivity contribution < 1.29 is 13.3 Å². The van der Waals surface area contributed by atoms with Crippen LogP contribution in [0.2, 0.25) is 0 Å². The number of aromatic nitrogens is 1. The summed E-state index contributed by atoms with van der Waals surface area (Å²) >= 11 is 0. The number of piperidine rings is 1. The number of halogens is 2. The minimum absolute atomic E-state index is 0.00375. The highest BCUT2D eigenvalue weighted by atomic mass is 19.2. The quantitative estimate of drug-likeness (QED) is 0.944. The van der Waals surface area contributed by atoms with E-state index in [0.717, 1.165) is 24.6 Å². The Labute approximate surface area is 120 Å². The molecular weight excluding hydrogens is 278 g/mol. The highest BCUT2D eigenvalue weighted by Crippen LogP contribution is 2.23. The van der Waals surface area contributed by atoms with Gasteiger partial charge >= 0.3 is 0 Å². The van der Waals surface area contributed by atoms with Crippen LogP contribution in [0.4, 0.5) is 8.78 Å². The van der Waals surface area contributed by atoms with Gasteiger partial charge in [-0.2, -0.15) is 4.74 Å². The van der Waals surface area contributed by atoms with Gasteiger partial charge in [-0.3, -0.25) is 4.79 Å². The third-order valence-electron chi connectivity index (χ3n) is 3.87. The summed E-state index contributed by atoms with van der Waals surface area (Å²) < 4.78 is 32.8. The maximum Gasteiger partial charge on any atom is 0.282 e. The van der Waals surface area contributed by atoms with E-state index in [1.165, 1.54) is 23.1 Å². The summed E-state index contributed by atoms with van der Waals surface area (Å²) in [4.78, 5) is 11.6. The molecule has 0 unspecified atom stereocenters. The van der Waals surface area contributed by atoms with Crippen LogP contribution in [0.15, 0.2) is 39.8 Å². The first-order valence-corrected chi connectivity index (χ1v) is 6.97. The predicted molar refractivity (Wildman–Crippen MR) is 73.1 cm³/mol. The topological polar surface area (TPSA) is 47.2 Å². The Morgan fingerprint density at radius 3 is 2.86 bits per heavy atom. The monoisotopic (exact) mass is 294 g/mol. The van der Waals surface area contributed by atoms with Crippen LogP contribution in [0, 0.1) is 11.6 Å². The van der Waals surface area contributed by atoms with Crippen molar-refractivity contribution in [1.29, 1.82) is 0 Å². The van der Waals surface area contributed by atoms with E-state index in [0.29, 0.717) is 12.8 Å². The maximum absolute atomic E-state index is 13.2. The van der Waals surface area contributed by atoms with Crippen molar-refractivity contribution in [2.75, 3.05) is 6.54 Å². The Balaban J connectivity index is 1.70. The maximum atomic E-state index is 13.2. The summed E-state index contributed by atoms with van der Waals surface area (Å²) in [7, 11) is 0. The average Bonchev–Trinajstić information content (AvgIpc) is 2.89. The largest absolute Gasteiger partial charge is 0.384 e. The lowest BCUT2D eigenvalue weighted by atomic mass is 9.94. The molecular formula is C15H16F2N2O2. The smallest absolute Gasteiger partial charge is 0.282 e.